The Morgan fingerprint density at radius 2 is 2.00 bits per heavy atom. The minimum Gasteiger partial charge on any atom is -0.465 e. The summed E-state index contributed by atoms with van der Waals surface area (Å²) in [5, 5.41) is 3.97. The van der Waals surface area contributed by atoms with Crippen molar-refractivity contribution in [3.8, 4) is 5.69 Å². The lowest BCUT2D eigenvalue weighted by molar-refractivity contribution is 0.0600. The van der Waals surface area contributed by atoms with Crippen molar-refractivity contribution in [2.45, 2.75) is 0 Å². The molecule has 0 aliphatic heterocycles. The van der Waals surface area contributed by atoms with Gasteiger partial charge in [0.25, 0.3) is 5.91 Å². The number of rotatable bonds is 3. The van der Waals surface area contributed by atoms with Crippen molar-refractivity contribution >= 4 is 17.6 Å². The van der Waals surface area contributed by atoms with Crippen LogP contribution in [0.3, 0.4) is 0 Å². The predicted molar refractivity (Wildman–Crippen MR) is 67.8 cm³/mol. The number of carbonyl (C=O) groups excluding carboxylic acids is 2. The zero-order valence-electron chi connectivity index (χ0n) is 10.2. The largest absolute Gasteiger partial charge is 0.465 e. The van der Waals surface area contributed by atoms with E-state index >= 15 is 0 Å². The Morgan fingerprint density at radius 1 is 1.32 bits per heavy atom. The highest BCUT2D eigenvalue weighted by molar-refractivity contribution is 5.96. The number of nitrogens with zero attached hydrogens (tertiary/aromatic N) is 2. The van der Waals surface area contributed by atoms with Gasteiger partial charge in [-0.05, 0) is 12.1 Å². The molecule has 0 aliphatic rings. The van der Waals surface area contributed by atoms with Crippen LogP contribution in [-0.4, -0.2) is 28.8 Å². The first kappa shape index (κ1) is 12.6. The molecule has 0 fully saturated rings. The van der Waals surface area contributed by atoms with Crippen LogP contribution < -0.4 is 11.5 Å². The minimum absolute atomic E-state index is 0.0420. The van der Waals surface area contributed by atoms with Crippen molar-refractivity contribution in [2.75, 3.05) is 12.8 Å². The van der Waals surface area contributed by atoms with Gasteiger partial charge in [0.1, 0.15) is 0 Å². The molecule has 2 rings (SSSR count). The van der Waals surface area contributed by atoms with Gasteiger partial charge in [0.2, 0.25) is 0 Å². The van der Waals surface area contributed by atoms with E-state index in [-0.39, 0.29) is 11.4 Å². The summed E-state index contributed by atoms with van der Waals surface area (Å²) < 4.78 is 6.00. The average molecular weight is 260 g/mol. The van der Waals surface area contributed by atoms with E-state index < -0.39 is 11.9 Å². The van der Waals surface area contributed by atoms with Gasteiger partial charge >= 0.3 is 5.97 Å². The highest BCUT2D eigenvalue weighted by atomic mass is 16.5. The molecule has 0 aliphatic carbocycles. The van der Waals surface area contributed by atoms with Gasteiger partial charge in [-0.2, -0.15) is 5.10 Å². The Balaban J connectivity index is 2.56. The summed E-state index contributed by atoms with van der Waals surface area (Å²) in [5.41, 5.74) is 11.6. The van der Waals surface area contributed by atoms with Crippen LogP contribution in [0.25, 0.3) is 5.69 Å². The number of carbonyl (C=O) groups is 2. The van der Waals surface area contributed by atoms with Gasteiger partial charge in [-0.15, -0.1) is 0 Å². The topological polar surface area (TPSA) is 113 Å². The summed E-state index contributed by atoms with van der Waals surface area (Å²) in [5.74, 6) is -1.24. The lowest BCUT2D eigenvalue weighted by Crippen LogP contribution is -2.14. The number of nitrogens with two attached hydrogens (primary N) is 2. The lowest BCUT2D eigenvalue weighted by Gasteiger charge is -2.07. The third kappa shape index (κ3) is 2.25. The molecule has 1 heterocycles. The van der Waals surface area contributed by atoms with E-state index in [1.807, 2.05) is 0 Å². The molecule has 0 atom stereocenters. The number of aromatic nitrogens is 2. The third-order valence-corrected chi connectivity index (χ3v) is 2.53. The molecule has 7 nitrogen and oxygen atoms in total. The fourth-order valence-corrected chi connectivity index (χ4v) is 1.66. The fourth-order valence-electron chi connectivity index (χ4n) is 1.66. The highest BCUT2D eigenvalue weighted by Crippen LogP contribution is 2.18. The molecule has 4 N–H and O–H groups in total. The van der Waals surface area contributed by atoms with Gasteiger partial charge in [-0.3, -0.25) is 4.79 Å². The molecule has 0 saturated carbocycles. The highest BCUT2D eigenvalue weighted by Gasteiger charge is 2.17. The number of hydrogen-bond acceptors (Lipinski definition) is 5. The molecule has 98 valence electrons. The number of benzene rings is 1. The SMILES string of the molecule is COC(=O)c1ccccc1-n1cc(N)c(C(N)=O)n1. The number of primary amides is 1. The second-order valence-electron chi connectivity index (χ2n) is 3.75. The summed E-state index contributed by atoms with van der Waals surface area (Å²) >= 11 is 0. The standard InChI is InChI=1S/C12H12N4O3/c1-19-12(18)7-4-2-3-5-9(7)16-6-8(13)10(15-16)11(14)17/h2-6H,13H2,1H3,(H2,14,17). The van der Waals surface area contributed by atoms with E-state index in [1.54, 1.807) is 24.3 Å². The van der Waals surface area contributed by atoms with E-state index in [2.05, 4.69) is 9.84 Å². The Hall–Kier alpha value is -2.83. The van der Waals surface area contributed by atoms with E-state index in [9.17, 15) is 9.59 Å². The maximum Gasteiger partial charge on any atom is 0.340 e. The maximum absolute atomic E-state index is 11.6. The molecule has 0 spiro atoms. The molecule has 0 radical (unpaired) electrons. The molecule has 2 aromatic rings. The number of amides is 1. The van der Waals surface area contributed by atoms with Gasteiger partial charge in [-0.1, -0.05) is 12.1 Å². The molecule has 7 heteroatoms. The predicted octanol–water partition coefficient (Wildman–Crippen LogP) is 0.340. The fraction of sp³-hybridized carbons (Fsp3) is 0.0833. The van der Waals surface area contributed by atoms with Gasteiger partial charge in [0, 0.05) is 0 Å². The molecule has 1 aromatic carbocycles. The minimum atomic E-state index is -0.730. The smallest absolute Gasteiger partial charge is 0.340 e. The summed E-state index contributed by atoms with van der Waals surface area (Å²) in [6, 6.07) is 6.66. The maximum atomic E-state index is 11.6. The van der Waals surface area contributed by atoms with Crippen LogP contribution in [0.15, 0.2) is 30.5 Å². The summed E-state index contributed by atoms with van der Waals surface area (Å²) in [7, 11) is 1.28. The van der Waals surface area contributed by atoms with E-state index in [4.69, 9.17) is 11.5 Å². The van der Waals surface area contributed by atoms with Gasteiger partial charge in [-0.25, -0.2) is 9.48 Å². The molecular weight excluding hydrogens is 248 g/mol. The van der Waals surface area contributed by atoms with Crippen molar-refractivity contribution < 1.29 is 14.3 Å². The van der Waals surface area contributed by atoms with Crippen LogP contribution in [0.1, 0.15) is 20.8 Å². The molecule has 0 bridgehead atoms. The average Bonchev–Trinajstić information content (AvgIpc) is 2.80. The lowest BCUT2D eigenvalue weighted by atomic mass is 10.2. The van der Waals surface area contributed by atoms with Crippen molar-refractivity contribution in [3.05, 3.63) is 41.7 Å². The van der Waals surface area contributed by atoms with E-state index in [0.717, 1.165) is 0 Å². The first-order valence-corrected chi connectivity index (χ1v) is 5.37. The number of hydrogen-bond donors (Lipinski definition) is 2. The zero-order chi connectivity index (χ0) is 14.0. The van der Waals surface area contributed by atoms with Crippen LogP contribution in [0.5, 0.6) is 0 Å². The van der Waals surface area contributed by atoms with Crippen molar-refractivity contribution in [1.29, 1.82) is 0 Å². The van der Waals surface area contributed by atoms with E-state index in [1.165, 1.54) is 18.0 Å². The quantitative estimate of drug-likeness (QED) is 0.772. The Labute approximate surface area is 108 Å². The number of esters is 1. The third-order valence-electron chi connectivity index (χ3n) is 2.53. The monoisotopic (exact) mass is 260 g/mol. The molecule has 19 heavy (non-hydrogen) atoms. The molecule has 1 amide bonds. The van der Waals surface area contributed by atoms with Crippen molar-refractivity contribution in [3.63, 3.8) is 0 Å². The van der Waals surface area contributed by atoms with Crippen molar-refractivity contribution in [1.82, 2.24) is 9.78 Å². The van der Waals surface area contributed by atoms with Gasteiger partial charge < -0.3 is 16.2 Å². The summed E-state index contributed by atoms with van der Waals surface area (Å²) in [6.45, 7) is 0. The Morgan fingerprint density at radius 3 is 2.58 bits per heavy atom. The summed E-state index contributed by atoms with van der Waals surface area (Å²) in [4.78, 5) is 22.8. The van der Waals surface area contributed by atoms with Gasteiger partial charge in [0.05, 0.1) is 30.2 Å². The van der Waals surface area contributed by atoms with Gasteiger partial charge in [0.15, 0.2) is 5.69 Å². The number of anilines is 1. The van der Waals surface area contributed by atoms with Crippen LogP contribution >= 0.6 is 0 Å². The van der Waals surface area contributed by atoms with Crippen LogP contribution in [-0.2, 0) is 4.74 Å². The van der Waals surface area contributed by atoms with Crippen molar-refractivity contribution in [2.24, 2.45) is 5.73 Å². The normalized spacial score (nSPS) is 10.2. The second-order valence-corrected chi connectivity index (χ2v) is 3.75. The van der Waals surface area contributed by atoms with Crippen LogP contribution in [0, 0.1) is 0 Å². The first-order valence-electron chi connectivity index (χ1n) is 5.37. The summed E-state index contributed by atoms with van der Waals surface area (Å²) in [6.07, 6.45) is 1.42. The molecule has 0 unspecified atom stereocenters. The number of methoxy groups -OCH3 is 1. The Kier molecular flexibility index (Phi) is 3.19. The number of nitrogen functional groups attached to an aromatic ring is 1. The van der Waals surface area contributed by atoms with Crippen LogP contribution in [0.4, 0.5) is 5.69 Å². The number of ether oxygens (including phenoxy) is 1. The van der Waals surface area contributed by atoms with Crippen LogP contribution in [0.2, 0.25) is 0 Å². The Bertz CT molecular complexity index is 648. The molecule has 1 aromatic heterocycles. The molecular formula is C12H12N4O3. The second kappa shape index (κ2) is 4.81. The first-order chi connectivity index (χ1) is 9.04. The van der Waals surface area contributed by atoms with E-state index in [0.29, 0.717) is 11.3 Å². The zero-order valence-corrected chi connectivity index (χ0v) is 10.2. The number of para-hydroxylation sites is 1. The molecule has 0 saturated heterocycles.